The molecule has 0 saturated heterocycles. The van der Waals surface area contributed by atoms with Gasteiger partial charge in [0.05, 0.1) is 5.75 Å². The predicted molar refractivity (Wildman–Crippen MR) is 87.6 cm³/mol. The average molecular weight is 352 g/mol. The Hall–Kier alpha value is -1.79. The summed E-state index contributed by atoms with van der Waals surface area (Å²) in [6, 6.07) is 10.3. The van der Waals surface area contributed by atoms with Crippen molar-refractivity contribution in [3.8, 4) is 0 Å². The second-order valence-corrected chi connectivity index (χ2v) is 8.07. The Kier molecular flexibility index (Phi) is 4.21. The highest BCUT2D eigenvalue weighted by molar-refractivity contribution is 7.85. The summed E-state index contributed by atoms with van der Waals surface area (Å²) in [7, 11) is -4.23. The molecule has 0 heterocycles. The van der Waals surface area contributed by atoms with Gasteiger partial charge in [-0.3, -0.25) is 4.55 Å². The highest BCUT2D eigenvalue weighted by Crippen LogP contribution is 2.48. The van der Waals surface area contributed by atoms with E-state index in [1.807, 2.05) is 6.92 Å². The van der Waals surface area contributed by atoms with E-state index in [2.05, 4.69) is 0 Å². The third-order valence-electron chi connectivity index (χ3n) is 5.04. The molecular weight excluding hydrogens is 334 g/mol. The molecule has 0 spiro atoms. The minimum Gasteiger partial charge on any atom is -0.286 e. The molecule has 0 aliphatic heterocycles. The van der Waals surface area contributed by atoms with Crippen LogP contribution in [0.25, 0.3) is 0 Å². The van der Waals surface area contributed by atoms with E-state index in [0.29, 0.717) is 18.4 Å². The molecule has 2 aromatic rings. The first kappa shape index (κ1) is 17.0. The molecule has 0 amide bonds. The van der Waals surface area contributed by atoms with Gasteiger partial charge in [0.1, 0.15) is 11.6 Å². The maximum atomic E-state index is 13.5. The first-order chi connectivity index (χ1) is 11.2. The van der Waals surface area contributed by atoms with Gasteiger partial charge in [0.15, 0.2) is 0 Å². The number of hydrogen-bond donors (Lipinski definition) is 1. The van der Waals surface area contributed by atoms with Crippen molar-refractivity contribution in [3.63, 3.8) is 0 Å². The SMILES string of the molecule is C[C@]1(c2ccc(F)cc2)CCc2cc(F)ccc2[C@@H]1CS(=O)(=O)O. The van der Waals surface area contributed by atoms with Gasteiger partial charge < -0.3 is 0 Å². The quantitative estimate of drug-likeness (QED) is 0.854. The van der Waals surface area contributed by atoms with E-state index in [1.54, 1.807) is 18.2 Å². The fourth-order valence-electron chi connectivity index (χ4n) is 3.70. The third kappa shape index (κ3) is 3.21. The van der Waals surface area contributed by atoms with Gasteiger partial charge in [0.25, 0.3) is 10.1 Å². The summed E-state index contributed by atoms with van der Waals surface area (Å²) >= 11 is 0. The molecule has 0 radical (unpaired) electrons. The molecule has 1 aliphatic rings. The third-order valence-corrected chi connectivity index (χ3v) is 5.80. The summed E-state index contributed by atoms with van der Waals surface area (Å²) < 4.78 is 59.3. The van der Waals surface area contributed by atoms with E-state index in [0.717, 1.165) is 11.1 Å². The number of halogens is 2. The number of fused-ring (bicyclic) bond motifs is 1. The van der Waals surface area contributed by atoms with Crippen LogP contribution in [0, 0.1) is 11.6 Å². The number of benzene rings is 2. The van der Waals surface area contributed by atoms with Gasteiger partial charge in [-0.25, -0.2) is 8.78 Å². The predicted octanol–water partition coefficient (Wildman–Crippen LogP) is 3.84. The molecule has 128 valence electrons. The van der Waals surface area contributed by atoms with E-state index in [1.165, 1.54) is 24.3 Å². The summed E-state index contributed by atoms with van der Waals surface area (Å²) in [5.41, 5.74) is 1.66. The molecule has 0 saturated carbocycles. The zero-order valence-corrected chi connectivity index (χ0v) is 14.0. The maximum absolute atomic E-state index is 13.5. The lowest BCUT2D eigenvalue weighted by molar-refractivity contribution is 0.338. The lowest BCUT2D eigenvalue weighted by Crippen LogP contribution is -2.39. The minimum atomic E-state index is -4.23. The standard InChI is InChI=1S/C18H18F2O3S/c1-18(13-2-4-14(19)5-3-13)9-8-12-10-15(20)6-7-16(12)17(18)11-24(21,22)23/h2-7,10,17H,8-9,11H2,1H3,(H,21,22,23)/t17-,18+/m0/s1. The number of rotatable bonds is 3. The molecule has 3 rings (SSSR count). The van der Waals surface area contributed by atoms with Crippen LogP contribution in [0.1, 0.15) is 36.0 Å². The Morgan fingerprint density at radius 1 is 1.12 bits per heavy atom. The van der Waals surface area contributed by atoms with Crippen molar-refractivity contribution in [1.82, 2.24) is 0 Å². The molecule has 3 nitrogen and oxygen atoms in total. The van der Waals surface area contributed by atoms with E-state index < -0.39 is 27.2 Å². The largest absolute Gasteiger partial charge is 0.286 e. The monoisotopic (exact) mass is 352 g/mol. The number of hydrogen-bond acceptors (Lipinski definition) is 2. The lowest BCUT2D eigenvalue weighted by atomic mass is 9.62. The first-order valence-corrected chi connectivity index (χ1v) is 9.29. The summed E-state index contributed by atoms with van der Waals surface area (Å²) in [6.45, 7) is 1.91. The van der Waals surface area contributed by atoms with Crippen molar-refractivity contribution in [3.05, 3.63) is 70.8 Å². The average Bonchev–Trinajstić information content (AvgIpc) is 2.50. The number of aryl methyl sites for hydroxylation is 1. The minimum absolute atomic E-state index is 0.369. The highest BCUT2D eigenvalue weighted by atomic mass is 32.2. The molecule has 24 heavy (non-hydrogen) atoms. The van der Waals surface area contributed by atoms with Gasteiger partial charge in [-0.15, -0.1) is 0 Å². The smallest absolute Gasteiger partial charge is 0.265 e. The van der Waals surface area contributed by atoms with Gasteiger partial charge in [-0.05, 0) is 53.8 Å². The van der Waals surface area contributed by atoms with Crippen molar-refractivity contribution >= 4 is 10.1 Å². The Balaban J connectivity index is 2.14. The molecule has 0 unspecified atom stereocenters. The van der Waals surface area contributed by atoms with E-state index in [4.69, 9.17) is 0 Å². The van der Waals surface area contributed by atoms with Crippen LogP contribution in [0.3, 0.4) is 0 Å². The second-order valence-electron chi connectivity index (χ2n) is 6.57. The van der Waals surface area contributed by atoms with Crippen LogP contribution < -0.4 is 0 Å². The summed E-state index contributed by atoms with van der Waals surface area (Å²) in [6.07, 6.45) is 1.16. The molecular formula is C18H18F2O3S. The zero-order valence-electron chi connectivity index (χ0n) is 13.2. The Morgan fingerprint density at radius 3 is 2.38 bits per heavy atom. The van der Waals surface area contributed by atoms with Crippen LogP contribution in [0.2, 0.25) is 0 Å². The van der Waals surface area contributed by atoms with Crippen molar-refractivity contribution in [2.24, 2.45) is 0 Å². The van der Waals surface area contributed by atoms with Crippen LogP contribution in [-0.2, 0) is 22.0 Å². The van der Waals surface area contributed by atoms with Crippen molar-refractivity contribution in [2.45, 2.75) is 31.1 Å². The Morgan fingerprint density at radius 2 is 1.75 bits per heavy atom. The molecule has 1 N–H and O–H groups in total. The topological polar surface area (TPSA) is 54.4 Å². The summed E-state index contributed by atoms with van der Waals surface area (Å²) in [4.78, 5) is 0. The van der Waals surface area contributed by atoms with Gasteiger partial charge in [-0.1, -0.05) is 25.1 Å². The van der Waals surface area contributed by atoms with Gasteiger partial charge in [0.2, 0.25) is 0 Å². The fourth-order valence-corrected chi connectivity index (χ4v) is 4.67. The van der Waals surface area contributed by atoms with Crippen LogP contribution in [-0.4, -0.2) is 18.7 Å². The van der Waals surface area contributed by atoms with E-state index in [-0.39, 0.29) is 11.6 Å². The van der Waals surface area contributed by atoms with Crippen LogP contribution in [0.4, 0.5) is 8.78 Å². The van der Waals surface area contributed by atoms with Crippen LogP contribution in [0.5, 0.6) is 0 Å². The highest BCUT2D eigenvalue weighted by Gasteiger charge is 2.42. The zero-order chi connectivity index (χ0) is 17.5. The van der Waals surface area contributed by atoms with Gasteiger partial charge in [0, 0.05) is 11.3 Å². The Labute approximate surface area is 140 Å². The first-order valence-electron chi connectivity index (χ1n) is 7.68. The maximum Gasteiger partial charge on any atom is 0.265 e. The molecule has 6 heteroatoms. The van der Waals surface area contributed by atoms with Crippen LogP contribution >= 0.6 is 0 Å². The van der Waals surface area contributed by atoms with Gasteiger partial charge in [-0.2, -0.15) is 8.42 Å². The van der Waals surface area contributed by atoms with Crippen molar-refractivity contribution in [2.75, 3.05) is 5.75 Å². The van der Waals surface area contributed by atoms with Crippen molar-refractivity contribution < 1.29 is 21.8 Å². The summed E-state index contributed by atoms with van der Waals surface area (Å²) in [5, 5.41) is 0. The second kappa shape index (κ2) is 5.93. The van der Waals surface area contributed by atoms with Gasteiger partial charge >= 0.3 is 0 Å². The molecule has 0 aromatic heterocycles. The van der Waals surface area contributed by atoms with Crippen LogP contribution in [0.15, 0.2) is 42.5 Å². The molecule has 0 fully saturated rings. The molecule has 0 bridgehead atoms. The fraction of sp³-hybridized carbons (Fsp3) is 0.333. The molecule has 1 aliphatic carbocycles. The molecule has 2 atom stereocenters. The normalized spacial score (nSPS) is 23.8. The van der Waals surface area contributed by atoms with Crippen molar-refractivity contribution in [1.29, 1.82) is 0 Å². The van der Waals surface area contributed by atoms with E-state index >= 15 is 0 Å². The summed E-state index contributed by atoms with van der Waals surface area (Å²) in [5.74, 6) is -1.74. The lowest BCUT2D eigenvalue weighted by Gasteiger charge is -2.43. The molecule has 2 aromatic carbocycles. The van der Waals surface area contributed by atoms with E-state index in [9.17, 15) is 21.8 Å². The Bertz CT molecular complexity index is 862.